The number of ether oxygens (including phenoxy) is 1. The van der Waals surface area contributed by atoms with E-state index in [1.54, 1.807) is 0 Å². The SMILES string of the molecule is CCCN(CCC)C1CCc2cccc(OCC(N)=O)c2C1. The normalized spacial score (nSPS) is 17.3. The number of hydrogen-bond donors (Lipinski definition) is 1. The Morgan fingerprint density at radius 3 is 2.68 bits per heavy atom. The van der Waals surface area contributed by atoms with Gasteiger partial charge in [-0.05, 0) is 62.4 Å². The third-order valence-corrected chi connectivity index (χ3v) is 4.32. The predicted octanol–water partition coefficient (Wildman–Crippen LogP) is 2.53. The smallest absolute Gasteiger partial charge is 0.255 e. The second-order valence-electron chi connectivity index (χ2n) is 6.08. The number of rotatable bonds is 8. The number of carbonyl (C=O) groups is 1. The van der Waals surface area contributed by atoms with Crippen LogP contribution in [0.5, 0.6) is 5.75 Å². The zero-order chi connectivity index (χ0) is 15.9. The molecule has 0 heterocycles. The fourth-order valence-corrected chi connectivity index (χ4v) is 3.38. The van der Waals surface area contributed by atoms with Crippen molar-refractivity contribution < 1.29 is 9.53 Å². The molecule has 0 aliphatic heterocycles. The molecule has 0 fully saturated rings. The average molecular weight is 304 g/mol. The number of fused-ring (bicyclic) bond motifs is 1. The fourth-order valence-electron chi connectivity index (χ4n) is 3.38. The Bertz CT molecular complexity index is 496. The monoisotopic (exact) mass is 304 g/mol. The molecular weight excluding hydrogens is 276 g/mol. The van der Waals surface area contributed by atoms with Crippen LogP contribution in [0, 0.1) is 0 Å². The van der Waals surface area contributed by atoms with Gasteiger partial charge in [-0.15, -0.1) is 0 Å². The van der Waals surface area contributed by atoms with Crippen LogP contribution < -0.4 is 10.5 Å². The van der Waals surface area contributed by atoms with Crippen molar-refractivity contribution in [2.45, 2.75) is 52.0 Å². The van der Waals surface area contributed by atoms with Gasteiger partial charge < -0.3 is 15.4 Å². The predicted molar refractivity (Wildman–Crippen MR) is 89.1 cm³/mol. The van der Waals surface area contributed by atoms with E-state index in [1.165, 1.54) is 30.4 Å². The van der Waals surface area contributed by atoms with Crippen LogP contribution in [0.4, 0.5) is 0 Å². The molecule has 122 valence electrons. The molecule has 1 atom stereocenters. The van der Waals surface area contributed by atoms with Gasteiger partial charge in [-0.25, -0.2) is 0 Å². The van der Waals surface area contributed by atoms with Crippen molar-refractivity contribution in [3.05, 3.63) is 29.3 Å². The highest BCUT2D eigenvalue weighted by molar-refractivity contribution is 5.75. The van der Waals surface area contributed by atoms with Crippen LogP contribution in [0.1, 0.15) is 44.2 Å². The topological polar surface area (TPSA) is 55.6 Å². The van der Waals surface area contributed by atoms with E-state index in [0.717, 1.165) is 31.7 Å². The molecule has 1 aliphatic carbocycles. The summed E-state index contributed by atoms with van der Waals surface area (Å²) in [7, 11) is 0. The molecule has 2 rings (SSSR count). The average Bonchev–Trinajstić information content (AvgIpc) is 2.52. The highest BCUT2D eigenvalue weighted by Crippen LogP contribution is 2.31. The summed E-state index contributed by atoms with van der Waals surface area (Å²) < 4.78 is 5.62. The number of hydrogen-bond acceptors (Lipinski definition) is 3. The van der Waals surface area contributed by atoms with Gasteiger partial charge in [0, 0.05) is 6.04 Å². The molecule has 1 unspecified atom stereocenters. The molecule has 4 heteroatoms. The van der Waals surface area contributed by atoms with E-state index in [-0.39, 0.29) is 6.61 Å². The Morgan fingerprint density at radius 1 is 1.32 bits per heavy atom. The third-order valence-electron chi connectivity index (χ3n) is 4.32. The van der Waals surface area contributed by atoms with E-state index in [9.17, 15) is 4.79 Å². The molecule has 0 saturated heterocycles. The van der Waals surface area contributed by atoms with E-state index in [1.807, 2.05) is 12.1 Å². The van der Waals surface area contributed by atoms with Crippen molar-refractivity contribution in [3.63, 3.8) is 0 Å². The molecule has 0 radical (unpaired) electrons. The molecule has 4 nitrogen and oxygen atoms in total. The molecule has 22 heavy (non-hydrogen) atoms. The first-order chi connectivity index (χ1) is 10.7. The van der Waals surface area contributed by atoms with Crippen LogP contribution in [0.3, 0.4) is 0 Å². The summed E-state index contributed by atoms with van der Waals surface area (Å²) >= 11 is 0. The first-order valence-electron chi connectivity index (χ1n) is 8.41. The van der Waals surface area contributed by atoms with Gasteiger partial charge in [0.05, 0.1) is 0 Å². The van der Waals surface area contributed by atoms with Crippen molar-refractivity contribution in [1.82, 2.24) is 4.90 Å². The zero-order valence-corrected chi connectivity index (χ0v) is 13.8. The lowest BCUT2D eigenvalue weighted by molar-refractivity contribution is -0.119. The second kappa shape index (κ2) is 8.18. The molecule has 0 spiro atoms. The highest BCUT2D eigenvalue weighted by atomic mass is 16.5. The Labute approximate surface area is 133 Å². The number of aryl methyl sites for hydroxylation is 1. The summed E-state index contributed by atoms with van der Waals surface area (Å²) in [6, 6.07) is 6.71. The summed E-state index contributed by atoms with van der Waals surface area (Å²) in [5.74, 6) is 0.400. The lowest BCUT2D eigenvalue weighted by atomic mass is 9.86. The number of primary amides is 1. The number of nitrogens with two attached hydrogens (primary N) is 1. The quantitative estimate of drug-likeness (QED) is 0.803. The molecule has 1 aromatic carbocycles. The van der Waals surface area contributed by atoms with Gasteiger partial charge in [-0.2, -0.15) is 0 Å². The van der Waals surface area contributed by atoms with Crippen LogP contribution in [-0.2, 0) is 17.6 Å². The van der Waals surface area contributed by atoms with Crippen LogP contribution in [0.2, 0.25) is 0 Å². The largest absolute Gasteiger partial charge is 0.483 e. The Balaban J connectivity index is 2.14. The van der Waals surface area contributed by atoms with E-state index >= 15 is 0 Å². The van der Waals surface area contributed by atoms with E-state index in [4.69, 9.17) is 10.5 Å². The summed E-state index contributed by atoms with van der Waals surface area (Å²) in [5, 5.41) is 0. The van der Waals surface area contributed by atoms with Crippen LogP contribution in [-0.4, -0.2) is 36.5 Å². The second-order valence-corrected chi connectivity index (χ2v) is 6.08. The number of amides is 1. The van der Waals surface area contributed by atoms with Gasteiger partial charge in [0.2, 0.25) is 0 Å². The van der Waals surface area contributed by atoms with Gasteiger partial charge >= 0.3 is 0 Å². The molecule has 1 aromatic rings. The van der Waals surface area contributed by atoms with E-state index in [0.29, 0.717) is 6.04 Å². The lowest BCUT2D eigenvalue weighted by Gasteiger charge is -2.35. The van der Waals surface area contributed by atoms with Crippen LogP contribution >= 0.6 is 0 Å². The Kier molecular flexibility index (Phi) is 6.25. The molecule has 0 bridgehead atoms. The first kappa shape index (κ1) is 16.8. The highest BCUT2D eigenvalue weighted by Gasteiger charge is 2.25. The maximum Gasteiger partial charge on any atom is 0.255 e. The van der Waals surface area contributed by atoms with Gasteiger partial charge in [0.25, 0.3) is 5.91 Å². The van der Waals surface area contributed by atoms with Crippen molar-refractivity contribution in [3.8, 4) is 5.75 Å². The molecule has 0 saturated carbocycles. The number of carbonyl (C=O) groups excluding carboxylic acids is 1. The summed E-state index contributed by atoms with van der Waals surface area (Å²) in [4.78, 5) is 13.6. The van der Waals surface area contributed by atoms with Crippen molar-refractivity contribution >= 4 is 5.91 Å². The van der Waals surface area contributed by atoms with Crippen LogP contribution in [0.25, 0.3) is 0 Å². The minimum atomic E-state index is -0.427. The summed E-state index contributed by atoms with van der Waals surface area (Å²) in [5.41, 5.74) is 7.81. The number of nitrogens with zero attached hydrogens (tertiary/aromatic N) is 1. The van der Waals surface area contributed by atoms with Crippen molar-refractivity contribution in [2.75, 3.05) is 19.7 Å². The summed E-state index contributed by atoms with van der Waals surface area (Å²) in [6.07, 6.45) is 5.65. The molecule has 2 N–H and O–H groups in total. The third kappa shape index (κ3) is 4.23. The van der Waals surface area contributed by atoms with Gasteiger partial charge in [-0.3, -0.25) is 4.79 Å². The zero-order valence-electron chi connectivity index (χ0n) is 13.8. The molecule has 1 amide bonds. The molecule has 1 aliphatic rings. The fraction of sp³-hybridized carbons (Fsp3) is 0.611. The standard InChI is InChI=1S/C18H28N2O2/c1-3-10-20(11-4-2)15-9-8-14-6-5-7-17(16(14)12-15)22-13-18(19)21/h5-7,15H,3-4,8-13H2,1-2H3,(H2,19,21). The van der Waals surface area contributed by atoms with Crippen molar-refractivity contribution in [1.29, 1.82) is 0 Å². The number of benzene rings is 1. The Hall–Kier alpha value is -1.55. The maximum absolute atomic E-state index is 11.0. The van der Waals surface area contributed by atoms with Gasteiger partial charge in [-0.1, -0.05) is 26.0 Å². The minimum absolute atomic E-state index is 0.0469. The van der Waals surface area contributed by atoms with E-state index < -0.39 is 5.91 Å². The van der Waals surface area contributed by atoms with Gasteiger partial charge in [0.15, 0.2) is 6.61 Å². The minimum Gasteiger partial charge on any atom is -0.483 e. The first-order valence-corrected chi connectivity index (χ1v) is 8.41. The lowest BCUT2D eigenvalue weighted by Crippen LogP contribution is -2.40. The summed E-state index contributed by atoms with van der Waals surface area (Å²) in [6.45, 7) is 6.73. The molecule has 0 aromatic heterocycles. The van der Waals surface area contributed by atoms with Crippen molar-refractivity contribution in [2.24, 2.45) is 5.73 Å². The Morgan fingerprint density at radius 2 is 2.05 bits per heavy atom. The van der Waals surface area contributed by atoms with Crippen LogP contribution in [0.15, 0.2) is 18.2 Å². The maximum atomic E-state index is 11.0. The molecular formula is C18H28N2O2. The van der Waals surface area contributed by atoms with Gasteiger partial charge in [0.1, 0.15) is 5.75 Å². The van der Waals surface area contributed by atoms with E-state index in [2.05, 4.69) is 24.8 Å².